The van der Waals surface area contributed by atoms with E-state index in [0.29, 0.717) is 6.42 Å². The molecule has 0 bridgehead atoms. The molecule has 2 aliphatic heterocycles. The number of piperidine rings is 1. The Morgan fingerprint density at radius 2 is 1.92 bits per heavy atom. The summed E-state index contributed by atoms with van der Waals surface area (Å²) >= 11 is 0. The second-order valence-electron chi connectivity index (χ2n) is 7.63. The zero-order valence-electron chi connectivity index (χ0n) is 15.5. The van der Waals surface area contributed by atoms with Crippen molar-refractivity contribution in [1.82, 2.24) is 4.90 Å². The van der Waals surface area contributed by atoms with E-state index < -0.39 is 0 Å². The van der Waals surface area contributed by atoms with E-state index in [1.54, 1.807) is 0 Å². The molecule has 1 aromatic rings. The molecule has 1 unspecified atom stereocenters. The Labute approximate surface area is 151 Å². The standard InChI is InChI=1S/C20H31N3O2/c1-22(2)15-16-9-11-23(12-10-16)18-7-5-17(6-8-18)21-20(24)14-19-4-3-13-25-19/h5-8,16,19H,3-4,9-15H2,1-2H3,(H,21,24). The summed E-state index contributed by atoms with van der Waals surface area (Å²) in [5, 5.41) is 2.98. The van der Waals surface area contributed by atoms with Crippen LogP contribution in [0.5, 0.6) is 0 Å². The first-order valence-corrected chi connectivity index (χ1v) is 9.51. The quantitative estimate of drug-likeness (QED) is 0.861. The highest BCUT2D eigenvalue weighted by Gasteiger charge is 2.21. The first kappa shape index (κ1) is 18.2. The van der Waals surface area contributed by atoms with Crippen LogP contribution in [0.25, 0.3) is 0 Å². The number of carbonyl (C=O) groups is 1. The molecule has 0 aromatic heterocycles. The number of nitrogens with one attached hydrogen (secondary N) is 1. The average Bonchev–Trinajstić information content (AvgIpc) is 3.08. The maximum absolute atomic E-state index is 12.1. The molecule has 1 amide bonds. The van der Waals surface area contributed by atoms with Crippen molar-refractivity contribution in [2.24, 2.45) is 5.92 Å². The SMILES string of the molecule is CN(C)CC1CCN(c2ccc(NC(=O)CC3CCCO3)cc2)CC1. The Hall–Kier alpha value is -1.59. The van der Waals surface area contributed by atoms with E-state index in [4.69, 9.17) is 4.74 Å². The lowest BCUT2D eigenvalue weighted by atomic mass is 9.96. The summed E-state index contributed by atoms with van der Waals surface area (Å²) in [6.07, 6.45) is 5.12. The normalized spacial score (nSPS) is 21.7. The number of rotatable bonds is 6. The van der Waals surface area contributed by atoms with Gasteiger partial charge in [0, 0.05) is 37.6 Å². The van der Waals surface area contributed by atoms with E-state index in [0.717, 1.165) is 44.1 Å². The van der Waals surface area contributed by atoms with Crippen molar-refractivity contribution in [3.8, 4) is 0 Å². The summed E-state index contributed by atoms with van der Waals surface area (Å²) in [6, 6.07) is 8.26. The van der Waals surface area contributed by atoms with Gasteiger partial charge < -0.3 is 19.9 Å². The van der Waals surface area contributed by atoms with Gasteiger partial charge in [0.1, 0.15) is 0 Å². The van der Waals surface area contributed by atoms with Gasteiger partial charge in [-0.05, 0) is 70.0 Å². The van der Waals surface area contributed by atoms with E-state index in [-0.39, 0.29) is 12.0 Å². The Morgan fingerprint density at radius 1 is 1.20 bits per heavy atom. The van der Waals surface area contributed by atoms with Gasteiger partial charge in [-0.1, -0.05) is 0 Å². The van der Waals surface area contributed by atoms with Crippen LogP contribution in [0.1, 0.15) is 32.1 Å². The molecular weight excluding hydrogens is 314 g/mol. The summed E-state index contributed by atoms with van der Waals surface area (Å²) < 4.78 is 5.52. The lowest BCUT2D eigenvalue weighted by Gasteiger charge is -2.34. The third-order valence-corrected chi connectivity index (χ3v) is 5.19. The van der Waals surface area contributed by atoms with Crippen molar-refractivity contribution >= 4 is 17.3 Å². The molecule has 1 atom stereocenters. The molecule has 0 saturated carbocycles. The summed E-state index contributed by atoms with van der Waals surface area (Å²) in [6.45, 7) is 4.20. The molecule has 138 valence electrons. The van der Waals surface area contributed by atoms with Gasteiger partial charge in [0.25, 0.3) is 0 Å². The van der Waals surface area contributed by atoms with Gasteiger partial charge in [-0.2, -0.15) is 0 Å². The predicted molar refractivity (Wildman–Crippen MR) is 102 cm³/mol. The second-order valence-corrected chi connectivity index (χ2v) is 7.63. The number of amides is 1. The summed E-state index contributed by atoms with van der Waals surface area (Å²) in [4.78, 5) is 16.8. The Bertz CT molecular complexity index is 545. The van der Waals surface area contributed by atoms with Gasteiger partial charge in [0.15, 0.2) is 0 Å². The lowest BCUT2D eigenvalue weighted by Crippen LogP contribution is -2.37. The van der Waals surface area contributed by atoms with Crippen molar-refractivity contribution in [2.75, 3.05) is 50.6 Å². The summed E-state index contributed by atoms with van der Waals surface area (Å²) in [5.41, 5.74) is 2.12. The van der Waals surface area contributed by atoms with Crippen molar-refractivity contribution in [1.29, 1.82) is 0 Å². The van der Waals surface area contributed by atoms with Crippen molar-refractivity contribution in [2.45, 2.75) is 38.2 Å². The van der Waals surface area contributed by atoms with E-state index in [2.05, 4.69) is 41.3 Å². The molecule has 2 aliphatic rings. The molecule has 5 nitrogen and oxygen atoms in total. The average molecular weight is 345 g/mol. The zero-order chi connectivity index (χ0) is 17.6. The molecule has 2 saturated heterocycles. The van der Waals surface area contributed by atoms with Crippen LogP contribution in [-0.2, 0) is 9.53 Å². The molecular formula is C20H31N3O2. The molecule has 1 N–H and O–H groups in total. The number of hydrogen-bond donors (Lipinski definition) is 1. The number of hydrogen-bond acceptors (Lipinski definition) is 4. The number of anilines is 2. The number of nitrogens with zero attached hydrogens (tertiary/aromatic N) is 2. The van der Waals surface area contributed by atoms with Crippen molar-refractivity contribution in [3.05, 3.63) is 24.3 Å². The van der Waals surface area contributed by atoms with Gasteiger partial charge in [0.2, 0.25) is 5.91 Å². The topological polar surface area (TPSA) is 44.8 Å². The van der Waals surface area contributed by atoms with Gasteiger partial charge in [0.05, 0.1) is 12.5 Å². The van der Waals surface area contributed by atoms with E-state index in [9.17, 15) is 4.79 Å². The number of benzene rings is 1. The van der Waals surface area contributed by atoms with Crippen LogP contribution in [-0.4, -0.2) is 57.2 Å². The van der Waals surface area contributed by atoms with Gasteiger partial charge in [-0.3, -0.25) is 4.79 Å². The molecule has 5 heteroatoms. The molecule has 1 aromatic carbocycles. The first-order chi connectivity index (χ1) is 12.1. The van der Waals surface area contributed by atoms with Gasteiger partial charge >= 0.3 is 0 Å². The van der Waals surface area contributed by atoms with Crippen LogP contribution < -0.4 is 10.2 Å². The maximum Gasteiger partial charge on any atom is 0.226 e. The Kier molecular flexibility index (Phi) is 6.32. The van der Waals surface area contributed by atoms with Gasteiger partial charge in [-0.25, -0.2) is 0 Å². The molecule has 2 fully saturated rings. The maximum atomic E-state index is 12.1. The van der Waals surface area contributed by atoms with Crippen LogP contribution in [0.15, 0.2) is 24.3 Å². The van der Waals surface area contributed by atoms with Crippen LogP contribution in [0.4, 0.5) is 11.4 Å². The van der Waals surface area contributed by atoms with Crippen molar-refractivity contribution in [3.63, 3.8) is 0 Å². The highest BCUT2D eigenvalue weighted by Crippen LogP contribution is 2.25. The zero-order valence-corrected chi connectivity index (χ0v) is 15.5. The molecule has 2 heterocycles. The smallest absolute Gasteiger partial charge is 0.226 e. The first-order valence-electron chi connectivity index (χ1n) is 9.51. The second kappa shape index (κ2) is 8.68. The molecule has 0 aliphatic carbocycles. The minimum Gasteiger partial charge on any atom is -0.378 e. The fourth-order valence-corrected chi connectivity index (χ4v) is 3.87. The Balaban J connectivity index is 1.46. The lowest BCUT2D eigenvalue weighted by molar-refractivity contribution is -0.118. The number of ether oxygens (including phenoxy) is 1. The minimum atomic E-state index is 0.0455. The third kappa shape index (κ3) is 5.44. The van der Waals surface area contributed by atoms with Crippen LogP contribution in [0.3, 0.4) is 0 Å². The van der Waals surface area contributed by atoms with E-state index >= 15 is 0 Å². The molecule has 25 heavy (non-hydrogen) atoms. The van der Waals surface area contributed by atoms with Crippen LogP contribution in [0.2, 0.25) is 0 Å². The highest BCUT2D eigenvalue weighted by molar-refractivity contribution is 5.91. The third-order valence-electron chi connectivity index (χ3n) is 5.19. The van der Waals surface area contributed by atoms with Crippen LogP contribution >= 0.6 is 0 Å². The monoisotopic (exact) mass is 345 g/mol. The Morgan fingerprint density at radius 3 is 2.52 bits per heavy atom. The van der Waals surface area contributed by atoms with Gasteiger partial charge in [-0.15, -0.1) is 0 Å². The molecule has 0 radical (unpaired) electrons. The highest BCUT2D eigenvalue weighted by atomic mass is 16.5. The summed E-state index contributed by atoms with van der Waals surface area (Å²) in [5.74, 6) is 0.853. The molecule has 3 rings (SSSR count). The van der Waals surface area contributed by atoms with Crippen molar-refractivity contribution < 1.29 is 9.53 Å². The molecule has 0 spiro atoms. The largest absolute Gasteiger partial charge is 0.378 e. The summed E-state index contributed by atoms with van der Waals surface area (Å²) in [7, 11) is 4.30. The fraction of sp³-hybridized carbons (Fsp3) is 0.650. The van der Waals surface area contributed by atoms with E-state index in [1.165, 1.54) is 25.1 Å². The predicted octanol–water partition coefficient (Wildman–Crippen LogP) is 2.97. The number of carbonyl (C=O) groups excluding carboxylic acids is 1. The van der Waals surface area contributed by atoms with Crippen LogP contribution in [0, 0.1) is 5.92 Å². The van der Waals surface area contributed by atoms with E-state index in [1.807, 2.05) is 12.1 Å². The fourth-order valence-electron chi connectivity index (χ4n) is 3.87. The minimum absolute atomic E-state index is 0.0455.